The SMILES string of the molecule is CC(C(=O)NCc1nc2ccccc2[nH]1)n1c(=O)oc2ccccc21. The van der Waals surface area contributed by atoms with E-state index < -0.39 is 11.8 Å². The summed E-state index contributed by atoms with van der Waals surface area (Å²) >= 11 is 0. The minimum absolute atomic E-state index is 0.252. The smallest absolute Gasteiger partial charge is 0.408 e. The molecule has 7 heteroatoms. The normalized spacial score (nSPS) is 12.5. The average Bonchev–Trinajstić information content (AvgIpc) is 3.18. The maximum atomic E-state index is 12.5. The highest BCUT2D eigenvalue weighted by atomic mass is 16.4. The van der Waals surface area contributed by atoms with Crippen LogP contribution >= 0.6 is 0 Å². The van der Waals surface area contributed by atoms with Gasteiger partial charge in [0.2, 0.25) is 5.91 Å². The van der Waals surface area contributed by atoms with E-state index >= 15 is 0 Å². The van der Waals surface area contributed by atoms with Gasteiger partial charge in [0.1, 0.15) is 11.9 Å². The molecule has 7 nitrogen and oxygen atoms in total. The van der Waals surface area contributed by atoms with Gasteiger partial charge in [-0.1, -0.05) is 24.3 Å². The molecule has 0 aliphatic carbocycles. The van der Waals surface area contributed by atoms with E-state index in [1.165, 1.54) is 4.57 Å². The third-order valence-electron chi connectivity index (χ3n) is 4.15. The van der Waals surface area contributed by atoms with Gasteiger partial charge < -0.3 is 14.7 Å². The van der Waals surface area contributed by atoms with Crippen LogP contribution in [-0.4, -0.2) is 20.4 Å². The lowest BCUT2D eigenvalue weighted by atomic mass is 10.2. The quantitative estimate of drug-likeness (QED) is 0.598. The fourth-order valence-corrected chi connectivity index (χ4v) is 2.88. The van der Waals surface area contributed by atoms with E-state index in [9.17, 15) is 9.59 Å². The number of rotatable bonds is 4. The Balaban J connectivity index is 1.54. The largest absolute Gasteiger partial charge is 0.420 e. The summed E-state index contributed by atoms with van der Waals surface area (Å²) in [5.41, 5.74) is 2.82. The summed E-state index contributed by atoms with van der Waals surface area (Å²) in [4.78, 5) is 32.1. The number of para-hydroxylation sites is 4. The summed E-state index contributed by atoms with van der Waals surface area (Å²) in [5.74, 6) is -0.173. The number of H-pyrrole nitrogens is 1. The van der Waals surface area contributed by atoms with E-state index in [4.69, 9.17) is 4.42 Å². The third-order valence-corrected chi connectivity index (χ3v) is 4.15. The van der Waals surface area contributed by atoms with Crippen LogP contribution < -0.4 is 11.1 Å². The van der Waals surface area contributed by atoms with Crippen molar-refractivity contribution in [2.75, 3.05) is 0 Å². The van der Waals surface area contributed by atoms with Crippen LogP contribution in [-0.2, 0) is 11.3 Å². The van der Waals surface area contributed by atoms with Crippen molar-refractivity contribution in [1.29, 1.82) is 0 Å². The number of carbonyl (C=O) groups excluding carboxylic acids is 1. The van der Waals surface area contributed by atoms with Crippen LogP contribution in [0.2, 0.25) is 0 Å². The highest BCUT2D eigenvalue weighted by molar-refractivity contribution is 5.83. The molecular formula is C18H16N4O3. The molecule has 4 aromatic rings. The predicted molar refractivity (Wildman–Crippen MR) is 93.1 cm³/mol. The number of carbonyl (C=O) groups is 1. The molecule has 2 aromatic heterocycles. The molecule has 2 aromatic carbocycles. The molecule has 1 amide bonds. The highest BCUT2D eigenvalue weighted by Gasteiger charge is 2.21. The van der Waals surface area contributed by atoms with Gasteiger partial charge in [0, 0.05) is 0 Å². The number of amides is 1. The zero-order chi connectivity index (χ0) is 17.4. The van der Waals surface area contributed by atoms with Crippen molar-refractivity contribution in [1.82, 2.24) is 19.9 Å². The summed E-state index contributed by atoms with van der Waals surface area (Å²) in [5, 5.41) is 2.81. The zero-order valence-corrected chi connectivity index (χ0v) is 13.5. The number of oxazole rings is 1. The number of imidazole rings is 1. The first-order chi connectivity index (χ1) is 12.1. The Morgan fingerprint density at radius 1 is 1.24 bits per heavy atom. The topological polar surface area (TPSA) is 92.9 Å². The molecule has 1 unspecified atom stereocenters. The first-order valence-electron chi connectivity index (χ1n) is 7.95. The van der Waals surface area contributed by atoms with Crippen molar-refractivity contribution in [3.63, 3.8) is 0 Å². The first-order valence-corrected chi connectivity index (χ1v) is 7.95. The van der Waals surface area contributed by atoms with E-state index in [0.717, 1.165) is 11.0 Å². The Morgan fingerprint density at radius 2 is 2.00 bits per heavy atom. The van der Waals surface area contributed by atoms with Gasteiger partial charge in [0.05, 0.1) is 23.1 Å². The van der Waals surface area contributed by atoms with E-state index in [1.54, 1.807) is 31.2 Å². The number of benzene rings is 2. The number of nitrogens with zero attached hydrogens (tertiary/aromatic N) is 2. The lowest BCUT2D eigenvalue weighted by molar-refractivity contribution is -0.124. The molecule has 1 atom stereocenters. The zero-order valence-electron chi connectivity index (χ0n) is 13.5. The average molecular weight is 336 g/mol. The van der Waals surface area contributed by atoms with Crippen LogP contribution in [0.3, 0.4) is 0 Å². The Kier molecular flexibility index (Phi) is 3.61. The second-order valence-electron chi connectivity index (χ2n) is 5.80. The molecule has 126 valence electrons. The summed E-state index contributed by atoms with van der Waals surface area (Å²) in [6.07, 6.45) is 0. The molecule has 0 spiro atoms. The van der Waals surface area contributed by atoms with Gasteiger partial charge in [-0.15, -0.1) is 0 Å². The van der Waals surface area contributed by atoms with Gasteiger partial charge in [-0.2, -0.15) is 0 Å². The maximum absolute atomic E-state index is 12.5. The van der Waals surface area contributed by atoms with Crippen molar-refractivity contribution in [3.8, 4) is 0 Å². The predicted octanol–water partition coefficient (Wildman–Crippen LogP) is 2.35. The van der Waals surface area contributed by atoms with Crippen molar-refractivity contribution >= 4 is 28.0 Å². The molecular weight excluding hydrogens is 320 g/mol. The number of nitrogens with one attached hydrogen (secondary N) is 2. The molecule has 0 aliphatic heterocycles. The Labute approximate surface area is 142 Å². The molecule has 0 saturated heterocycles. The van der Waals surface area contributed by atoms with Gasteiger partial charge in [0.25, 0.3) is 0 Å². The van der Waals surface area contributed by atoms with Gasteiger partial charge in [0.15, 0.2) is 5.58 Å². The lowest BCUT2D eigenvalue weighted by Crippen LogP contribution is -2.34. The second-order valence-corrected chi connectivity index (χ2v) is 5.80. The van der Waals surface area contributed by atoms with Crippen LogP contribution in [0.5, 0.6) is 0 Å². The molecule has 0 fully saturated rings. The van der Waals surface area contributed by atoms with Crippen LogP contribution in [0, 0.1) is 0 Å². The molecule has 0 bridgehead atoms. The van der Waals surface area contributed by atoms with Gasteiger partial charge in [-0.05, 0) is 31.2 Å². The fourth-order valence-electron chi connectivity index (χ4n) is 2.88. The van der Waals surface area contributed by atoms with Crippen molar-refractivity contribution in [3.05, 3.63) is 64.9 Å². The summed E-state index contributed by atoms with van der Waals surface area (Å²) in [7, 11) is 0. The van der Waals surface area contributed by atoms with E-state index in [1.807, 2.05) is 24.3 Å². The molecule has 2 N–H and O–H groups in total. The van der Waals surface area contributed by atoms with Crippen molar-refractivity contribution in [2.45, 2.75) is 19.5 Å². The standard InChI is InChI=1S/C18H16N4O3/c1-11(22-14-8-4-5-9-15(14)25-18(22)24)17(23)19-10-16-20-12-6-2-3-7-13(12)21-16/h2-9,11H,10H2,1H3,(H,19,23)(H,20,21). The van der Waals surface area contributed by atoms with Gasteiger partial charge in [-0.3, -0.25) is 9.36 Å². The third kappa shape index (κ3) is 2.69. The van der Waals surface area contributed by atoms with Crippen LogP contribution in [0.15, 0.2) is 57.7 Å². The Hall–Kier alpha value is -3.35. The van der Waals surface area contributed by atoms with Crippen molar-refractivity contribution in [2.24, 2.45) is 0 Å². The van der Waals surface area contributed by atoms with E-state index in [2.05, 4.69) is 15.3 Å². The number of aromatic nitrogens is 3. The van der Waals surface area contributed by atoms with Crippen LogP contribution in [0.1, 0.15) is 18.8 Å². The maximum Gasteiger partial charge on any atom is 0.420 e. The monoisotopic (exact) mass is 336 g/mol. The molecule has 2 heterocycles. The fraction of sp³-hybridized carbons (Fsp3) is 0.167. The minimum atomic E-state index is -0.694. The molecule has 0 saturated carbocycles. The number of hydrogen-bond acceptors (Lipinski definition) is 4. The van der Waals surface area contributed by atoms with Crippen LogP contribution in [0.25, 0.3) is 22.1 Å². The summed E-state index contributed by atoms with van der Waals surface area (Å²) in [6.45, 7) is 1.92. The minimum Gasteiger partial charge on any atom is -0.408 e. The molecule has 4 rings (SSSR count). The first kappa shape index (κ1) is 15.2. The summed E-state index contributed by atoms with van der Waals surface area (Å²) in [6, 6.07) is 14.0. The number of hydrogen-bond donors (Lipinski definition) is 2. The van der Waals surface area contributed by atoms with E-state index in [-0.39, 0.29) is 12.5 Å². The summed E-state index contributed by atoms with van der Waals surface area (Å²) < 4.78 is 6.53. The van der Waals surface area contributed by atoms with E-state index in [0.29, 0.717) is 16.9 Å². The number of fused-ring (bicyclic) bond motifs is 2. The molecule has 25 heavy (non-hydrogen) atoms. The van der Waals surface area contributed by atoms with Crippen molar-refractivity contribution < 1.29 is 9.21 Å². The number of aromatic amines is 1. The highest BCUT2D eigenvalue weighted by Crippen LogP contribution is 2.17. The van der Waals surface area contributed by atoms with Gasteiger partial charge in [-0.25, -0.2) is 9.78 Å². The Bertz CT molecular complexity index is 1090. The van der Waals surface area contributed by atoms with Crippen LogP contribution in [0.4, 0.5) is 0 Å². The van der Waals surface area contributed by atoms with Gasteiger partial charge >= 0.3 is 5.76 Å². The molecule has 0 radical (unpaired) electrons. The Morgan fingerprint density at radius 3 is 2.84 bits per heavy atom. The lowest BCUT2D eigenvalue weighted by Gasteiger charge is -2.12. The molecule has 0 aliphatic rings. The second kappa shape index (κ2) is 5.94.